The highest BCUT2D eigenvalue weighted by Crippen LogP contribution is 2.40. The van der Waals surface area contributed by atoms with Crippen LogP contribution in [0.5, 0.6) is 0 Å². The summed E-state index contributed by atoms with van der Waals surface area (Å²) >= 11 is 1.03. The molecule has 0 unspecified atom stereocenters. The van der Waals surface area contributed by atoms with Gasteiger partial charge in [0.05, 0.1) is 18.8 Å². The summed E-state index contributed by atoms with van der Waals surface area (Å²) in [5.41, 5.74) is 0.307. The maximum absolute atomic E-state index is 12.3. The number of hydrogen-bond acceptors (Lipinski definition) is 4. The number of rotatable bonds is 1. The zero-order valence-electron chi connectivity index (χ0n) is 9.40. The standard InChI is InChI=1S/C11H14N2O3S/c14-9(8-6-17-10(15)12-8)13-4-5-16-7-11(13)2-1-3-11/h6H,1-5,7H2,(H,12,15). The lowest BCUT2D eigenvalue weighted by atomic mass is 9.75. The molecule has 1 spiro atoms. The highest BCUT2D eigenvalue weighted by atomic mass is 32.1. The third-order valence-corrected chi connectivity index (χ3v) is 4.35. The van der Waals surface area contributed by atoms with Crippen LogP contribution in [0.25, 0.3) is 0 Å². The van der Waals surface area contributed by atoms with E-state index < -0.39 is 0 Å². The topological polar surface area (TPSA) is 62.4 Å². The van der Waals surface area contributed by atoms with Crippen molar-refractivity contribution < 1.29 is 9.53 Å². The largest absolute Gasteiger partial charge is 0.377 e. The molecule has 1 amide bonds. The molecule has 0 atom stereocenters. The minimum atomic E-state index is -0.177. The zero-order valence-corrected chi connectivity index (χ0v) is 10.2. The molecule has 3 rings (SSSR count). The lowest BCUT2D eigenvalue weighted by Gasteiger charge is -2.52. The second kappa shape index (κ2) is 3.96. The normalized spacial score (nSPS) is 22.5. The van der Waals surface area contributed by atoms with E-state index in [4.69, 9.17) is 4.74 Å². The van der Waals surface area contributed by atoms with Crippen LogP contribution in [-0.2, 0) is 4.74 Å². The lowest BCUT2D eigenvalue weighted by molar-refractivity contribution is -0.0879. The Hall–Kier alpha value is -1.14. The number of carbonyl (C=O) groups excluding carboxylic acids is 1. The molecule has 1 N–H and O–H groups in total. The van der Waals surface area contributed by atoms with E-state index in [-0.39, 0.29) is 16.3 Å². The van der Waals surface area contributed by atoms with Gasteiger partial charge in [0.1, 0.15) is 5.69 Å². The van der Waals surface area contributed by atoms with Gasteiger partial charge in [0.25, 0.3) is 5.91 Å². The highest BCUT2D eigenvalue weighted by molar-refractivity contribution is 7.07. The summed E-state index contributed by atoms with van der Waals surface area (Å²) < 4.78 is 5.49. The Morgan fingerprint density at radius 2 is 2.35 bits per heavy atom. The van der Waals surface area contributed by atoms with E-state index in [0.29, 0.717) is 25.5 Å². The van der Waals surface area contributed by atoms with Gasteiger partial charge >= 0.3 is 4.87 Å². The summed E-state index contributed by atoms with van der Waals surface area (Å²) in [4.78, 5) is 27.7. The average Bonchev–Trinajstić information content (AvgIpc) is 2.73. The summed E-state index contributed by atoms with van der Waals surface area (Å²) in [6.45, 7) is 1.84. The summed E-state index contributed by atoms with van der Waals surface area (Å²) in [6.07, 6.45) is 3.16. The van der Waals surface area contributed by atoms with Crippen molar-refractivity contribution in [3.63, 3.8) is 0 Å². The fourth-order valence-electron chi connectivity index (χ4n) is 2.58. The van der Waals surface area contributed by atoms with Crippen LogP contribution in [0.1, 0.15) is 29.8 Å². The van der Waals surface area contributed by atoms with Gasteiger partial charge in [0.15, 0.2) is 0 Å². The van der Waals surface area contributed by atoms with Crippen LogP contribution in [0.4, 0.5) is 0 Å². The van der Waals surface area contributed by atoms with Crippen molar-refractivity contribution in [1.29, 1.82) is 0 Å². The van der Waals surface area contributed by atoms with Crippen molar-refractivity contribution in [2.45, 2.75) is 24.8 Å². The SMILES string of the molecule is O=C(c1csc(=O)[nH]1)N1CCOCC12CCC2. The Bertz CT molecular complexity index is 489. The number of morpholine rings is 1. The van der Waals surface area contributed by atoms with Crippen molar-refractivity contribution in [3.05, 3.63) is 20.7 Å². The van der Waals surface area contributed by atoms with E-state index in [9.17, 15) is 9.59 Å². The maximum atomic E-state index is 12.3. The molecule has 1 saturated heterocycles. The van der Waals surface area contributed by atoms with Crippen LogP contribution in [0.3, 0.4) is 0 Å². The molecule has 2 fully saturated rings. The van der Waals surface area contributed by atoms with Crippen molar-refractivity contribution in [1.82, 2.24) is 9.88 Å². The van der Waals surface area contributed by atoms with Gasteiger partial charge in [-0.1, -0.05) is 11.3 Å². The van der Waals surface area contributed by atoms with Crippen LogP contribution in [-0.4, -0.2) is 41.1 Å². The molecule has 92 valence electrons. The number of aromatic nitrogens is 1. The summed E-state index contributed by atoms with van der Waals surface area (Å²) in [6, 6.07) is 0. The Morgan fingerprint density at radius 3 is 2.94 bits per heavy atom. The molecule has 1 aliphatic carbocycles. The molecular weight excluding hydrogens is 240 g/mol. The Labute approximate surface area is 102 Å². The van der Waals surface area contributed by atoms with E-state index >= 15 is 0 Å². The molecule has 1 aromatic heterocycles. The molecular formula is C11H14N2O3S. The fraction of sp³-hybridized carbons (Fsp3) is 0.636. The van der Waals surface area contributed by atoms with Crippen molar-refractivity contribution in [2.24, 2.45) is 0 Å². The molecule has 6 heteroatoms. The monoisotopic (exact) mass is 254 g/mol. The first-order chi connectivity index (χ1) is 8.21. The van der Waals surface area contributed by atoms with Gasteiger partial charge in [-0.25, -0.2) is 0 Å². The van der Waals surface area contributed by atoms with Gasteiger partial charge < -0.3 is 14.6 Å². The number of aromatic amines is 1. The summed E-state index contributed by atoms with van der Waals surface area (Å²) in [5.74, 6) is -0.0636. The van der Waals surface area contributed by atoms with Crippen LogP contribution in [0.15, 0.2) is 10.2 Å². The van der Waals surface area contributed by atoms with Gasteiger partial charge in [-0.2, -0.15) is 0 Å². The first-order valence-corrected chi connectivity index (χ1v) is 6.67. The Balaban J connectivity index is 1.87. The number of thiazole rings is 1. The molecule has 5 nitrogen and oxygen atoms in total. The second-order valence-corrected chi connectivity index (χ2v) is 5.49. The van der Waals surface area contributed by atoms with Crippen molar-refractivity contribution in [2.75, 3.05) is 19.8 Å². The number of H-pyrrole nitrogens is 1. The van der Waals surface area contributed by atoms with Crippen molar-refractivity contribution >= 4 is 17.2 Å². The maximum Gasteiger partial charge on any atom is 0.305 e. The molecule has 1 saturated carbocycles. The quantitative estimate of drug-likeness (QED) is 0.807. The first kappa shape index (κ1) is 11.0. The zero-order chi connectivity index (χ0) is 11.9. The number of ether oxygens (including phenoxy) is 1. The fourth-order valence-corrected chi connectivity index (χ4v) is 3.13. The number of amides is 1. The van der Waals surface area contributed by atoms with Crippen LogP contribution < -0.4 is 4.87 Å². The van der Waals surface area contributed by atoms with E-state index in [0.717, 1.165) is 30.6 Å². The summed E-state index contributed by atoms with van der Waals surface area (Å²) in [5, 5.41) is 1.60. The predicted octanol–water partition coefficient (Wildman–Crippen LogP) is 0.832. The smallest absolute Gasteiger partial charge is 0.305 e. The van der Waals surface area contributed by atoms with E-state index in [1.54, 1.807) is 5.38 Å². The van der Waals surface area contributed by atoms with Crippen molar-refractivity contribution in [3.8, 4) is 0 Å². The number of hydrogen-bond donors (Lipinski definition) is 1. The number of nitrogens with zero attached hydrogens (tertiary/aromatic N) is 1. The molecule has 0 bridgehead atoms. The van der Waals surface area contributed by atoms with Gasteiger partial charge in [-0.3, -0.25) is 9.59 Å². The predicted molar refractivity (Wildman–Crippen MR) is 63.4 cm³/mol. The van der Waals surface area contributed by atoms with E-state index in [2.05, 4.69) is 4.98 Å². The first-order valence-electron chi connectivity index (χ1n) is 5.79. The average molecular weight is 254 g/mol. The minimum Gasteiger partial charge on any atom is -0.377 e. The number of nitrogens with one attached hydrogen (secondary N) is 1. The van der Waals surface area contributed by atoms with Crippen LogP contribution in [0.2, 0.25) is 0 Å². The molecule has 1 aromatic rings. The molecule has 0 radical (unpaired) electrons. The van der Waals surface area contributed by atoms with Crippen LogP contribution >= 0.6 is 11.3 Å². The lowest BCUT2D eigenvalue weighted by Crippen LogP contribution is -2.62. The third kappa shape index (κ3) is 1.71. The number of carbonyl (C=O) groups is 1. The minimum absolute atomic E-state index is 0.0636. The van der Waals surface area contributed by atoms with Gasteiger partial charge in [-0.15, -0.1) is 0 Å². The van der Waals surface area contributed by atoms with Crippen LogP contribution in [0, 0.1) is 0 Å². The molecule has 2 heterocycles. The molecule has 1 aliphatic heterocycles. The van der Waals surface area contributed by atoms with Gasteiger partial charge in [0, 0.05) is 11.9 Å². The van der Waals surface area contributed by atoms with Gasteiger partial charge in [0.2, 0.25) is 0 Å². The highest BCUT2D eigenvalue weighted by Gasteiger charge is 2.47. The molecule has 2 aliphatic rings. The summed E-state index contributed by atoms with van der Waals surface area (Å²) in [7, 11) is 0. The molecule has 0 aromatic carbocycles. The second-order valence-electron chi connectivity index (χ2n) is 4.65. The van der Waals surface area contributed by atoms with Gasteiger partial charge in [-0.05, 0) is 19.3 Å². The van der Waals surface area contributed by atoms with E-state index in [1.807, 2.05) is 4.90 Å². The Morgan fingerprint density at radius 1 is 1.53 bits per heavy atom. The third-order valence-electron chi connectivity index (χ3n) is 3.68. The van der Waals surface area contributed by atoms with E-state index in [1.165, 1.54) is 0 Å². The Kier molecular flexibility index (Phi) is 2.56. The molecule has 17 heavy (non-hydrogen) atoms.